The van der Waals surface area contributed by atoms with E-state index in [4.69, 9.17) is 4.74 Å². The van der Waals surface area contributed by atoms with Gasteiger partial charge < -0.3 is 10.1 Å². The van der Waals surface area contributed by atoms with Crippen LogP contribution in [0.5, 0.6) is 5.75 Å². The molecule has 1 fully saturated rings. The van der Waals surface area contributed by atoms with Gasteiger partial charge in [0.15, 0.2) is 0 Å². The van der Waals surface area contributed by atoms with E-state index in [-0.39, 0.29) is 5.60 Å². The number of fused-ring (bicyclic) bond motifs is 1. The third kappa shape index (κ3) is 3.42. The smallest absolute Gasteiger partial charge is 0.127 e. The zero-order chi connectivity index (χ0) is 14.9. The number of ether oxygens (including phenoxy) is 1. The molecule has 1 heterocycles. The van der Waals surface area contributed by atoms with Gasteiger partial charge in [-0.3, -0.25) is 0 Å². The van der Waals surface area contributed by atoms with Crippen molar-refractivity contribution in [2.24, 2.45) is 5.92 Å². The number of benzene rings is 1. The van der Waals surface area contributed by atoms with E-state index >= 15 is 0 Å². The van der Waals surface area contributed by atoms with Gasteiger partial charge in [0.25, 0.3) is 0 Å². The van der Waals surface area contributed by atoms with Crippen molar-refractivity contribution >= 4 is 0 Å². The van der Waals surface area contributed by atoms with Crippen LogP contribution < -0.4 is 10.1 Å². The van der Waals surface area contributed by atoms with Crippen LogP contribution in [-0.2, 0) is 13.0 Å². The Bertz CT molecular complexity index is 486. The van der Waals surface area contributed by atoms with Crippen LogP contribution in [0.2, 0.25) is 0 Å². The molecular formula is C19H29NO. The summed E-state index contributed by atoms with van der Waals surface area (Å²) in [7, 11) is 0. The highest BCUT2D eigenvalue weighted by Crippen LogP contribution is 2.37. The van der Waals surface area contributed by atoms with Crippen molar-refractivity contribution in [2.75, 3.05) is 0 Å². The Hall–Kier alpha value is -1.02. The van der Waals surface area contributed by atoms with Gasteiger partial charge in [0, 0.05) is 24.6 Å². The molecule has 0 amide bonds. The SMILES string of the molecule is CCC1CCC(NCc2cccc3c2OC(C)(C)C3)CC1. The van der Waals surface area contributed by atoms with Gasteiger partial charge in [0.1, 0.15) is 11.4 Å². The molecule has 0 aromatic heterocycles. The van der Waals surface area contributed by atoms with Gasteiger partial charge >= 0.3 is 0 Å². The van der Waals surface area contributed by atoms with Crippen LogP contribution in [0.15, 0.2) is 18.2 Å². The van der Waals surface area contributed by atoms with Crippen LogP contribution in [0.3, 0.4) is 0 Å². The molecule has 1 aliphatic heterocycles. The maximum Gasteiger partial charge on any atom is 0.127 e. The summed E-state index contributed by atoms with van der Waals surface area (Å²) < 4.78 is 6.16. The van der Waals surface area contributed by atoms with Gasteiger partial charge in [-0.25, -0.2) is 0 Å². The minimum Gasteiger partial charge on any atom is -0.487 e. The van der Waals surface area contributed by atoms with Crippen LogP contribution in [0.4, 0.5) is 0 Å². The monoisotopic (exact) mass is 287 g/mol. The minimum absolute atomic E-state index is 0.0440. The summed E-state index contributed by atoms with van der Waals surface area (Å²) in [6.45, 7) is 7.62. The highest BCUT2D eigenvalue weighted by Gasteiger charge is 2.31. The predicted molar refractivity (Wildman–Crippen MR) is 87.7 cm³/mol. The molecule has 3 rings (SSSR count). The van der Waals surface area contributed by atoms with Crippen LogP contribution >= 0.6 is 0 Å². The fourth-order valence-electron chi connectivity index (χ4n) is 3.85. The second kappa shape index (κ2) is 6.00. The molecule has 1 aromatic carbocycles. The third-order valence-corrected chi connectivity index (χ3v) is 5.18. The summed E-state index contributed by atoms with van der Waals surface area (Å²) in [6, 6.07) is 7.29. The molecule has 1 N–H and O–H groups in total. The maximum absolute atomic E-state index is 6.16. The average molecular weight is 287 g/mol. The Morgan fingerprint density at radius 1 is 1.19 bits per heavy atom. The van der Waals surface area contributed by atoms with E-state index in [1.54, 1.807) is 0 Å². The highest BCUT2D eigenvalue weighted by atomic mass is 16.5. The van der Waals surface area contributed by atoms with E-state index in [1.807, 2.05) is 0 Å². The van der Waals surface area contributed by atoms with Crippen molar-refractivity contribution in [3.8, 4) is 5.75 Å². The largest absolute Gasteiger partial charge is 0.487 e. The van der Waals surface area contributed by atoms with Crippen molar-refractivity contribution in [2.45, 2.75) is 77.5 Å². The molecule has 0 atom stereocenters. The standard InChI is InChI=1S/C19H29NO/c1-4-14-8-10-17(11-9-14)20-13-16-7-5-6-15-12-19(2,3)21-18(15)16/h5-7,14,17,20H,4,8-13H2,1-3H3. The first-order chi connectivity index (χ1) is 10.1. The van der Waals surface area contributed by atoms with Crippen molar-refractivity contribution in [1.82, 2.24) is 5.32 Å². The van der Waals surface area contributed by atoms with Gasteiger partial charge in [-0.15, -0.1) is 0 Å². The topological polar surface area (TPSA) is 21.3 Å². The predicted octanol–water partition coefficient (Wildman–Crippen LogP) is 4.46. The molecule has 1 saturated carbocycles. The molecule has 2 aliphatic rings. The quantitative estimate of drug-likeness (QED) is 0.883. The lowest BCUT2D eigenvalue weighted by atomic mass is 9.84. The van der Waals surface area contributed by atoms with Crippen LogP contribution in [0.1, 0.15) is 64.0 Å². The van der Waals surface area contributed by atoms with Crippen LogP contribution in [0, 0.1) is 5.92 Å². The summed E-state index contributed by atoms with van der Waals surface area (Å²) in [5.74, 6) is 2.10. The van der Waals surface area contributed by atoms with Crippen molar-refractivity contribution in [3.63, 3.8) is 0 Å². The number of para-hydroxylation sites is 1. The number of rotatable bonds is 4. The Balaban J connectivity index is 1.59. The molecule has 0 bridgehead atoms. The molecular weight excluding hydrogens is 258 g/mol. The van der Waals surface area contributed by atoms with Crippen molar-refractivity contribution in [3.05, 3.63) is 29.3 Å². The maximum atomic E-state index is 6.16. The summed E-state index contributed by atoms with van der Waals surface area (Å²) in [4.78, 5) is 0. The van der Waals surface area contributed by atoms with Crippen LogP contribution in [-0.4, -0.2) is 11.6 Å². The van der Waals surface area contributed by atoms with E-state index in [1.165, 1.54) is 43.2 Å². The number of nitrogens with one attached hydrogen (secondary N) is 1. The van der Waals surface area contributed by atoms with Gasteiger partial charge in [-0.05, 0) is 51.0 Å². The Morgan fingerprint density at radius 2 is 1.95 bits per heavy atom. The van der Waals surface area contributed by atoms with Crippen molar-refractivity contribution in [1.29, 1.82) is 0 Å². The van der Waals surface area contributed by atoms with E-state index in [2.05, 4.69) is 44.3 Å². The van der Waals surface area contributed by atoms with Crippen LogP contribution in [0.25, 0.3) is 0 Å². The number of hydrogen-bond acceptors (Lipinski definition) is 2. The Kier molecular flexibility index (Phi) is 4.26. The molecule has 0 unspecified atom stereocenters. The first-order valence-electron chi connectivity index (χ1n) is 8.60. The summed E-state index contributed by atoms with van der Waals surface area (Å²) in [5, 5.41) is 3.76. The van der Waals surface area contributed by atoms with Gasteiger partial charge in [-0.2, -0.15) is 0 Å². The third-order valence-electron chi connectivity index (χ3n) is 5.18. The van der Waals surface area contributed by atoms with E-state index in [0.29, 0.717) is 6.04 Å². The lowest BCUT2D eigenvalue weighted by Gasteiger charge is -2.28. The van der Waals surface area contributed by atoms with E-state index < -0.39 is 0 Å². The van der Waals surface area contributed by atoms with E-state index in [0.717, 1.165) is 24.6 Å². The van der Waals surface area contributed by atoms with Gasteiger partial charge in [-0.1, -0.05) is 31.5 Å². The molecule has 0 radical (unpaired) electrons. The molecule has 1 aliphatic carbocycles. The minimum atomic E-state index is -0.0440. The first kappa shape index (κ1) is 14.9. The Morgan fingerprint density at radius 3 is 2.67 bits per heavy atom. The summed E-state index contributed by atoms with van der Waals surface area (Å²) in [6.07, 6.45) is 7.83. The fraction of sp³-hybridized carbons (Fsp3) is 0.684. The molecule has 2 nitrogen and oxygen atoms in total. The normalized spacial score (nSPS) is 27.2. The molecule has 2 heteroatoms. The number of hydrogen-bond donors (Lipinski definition) is 1. The summed E-state index contributed by atoms with van der Waals surface area (Å²) >= 11 is 0. The zero-order valence-corrected chi connectivity index (χ0v) is 13.7. The second-order valence-electron chi connectivity index (χ2n) is 7.45. The molecule has 116 valence electrons. The molecule has 0 spiro atoms. The van der Waals surface area contributed by atoms with Gasteiger partial charge in [0.05, 0.1) is 0 Å². The van der Waals surface area contributed by atoms with E-state index in [9.17, 15) is 0 Å². The first-order valence-corrected chi connectivity index (χ1v) is 8.60. The van der Waals surface area contributed by atoms with Gasteiger partial charge in [0.2, 0.25) is 0 Å². The zero-order valence-electron chi connectivity index (χ0n) is 13.7. The molecule has 0 saturated heterocycles. The fourth-order valence-corrected chi connectivity index (χ4v) is 3.85. The Labute approximate surface area is 129 Å². The molecule has 21 heavy (non-hydrogen) atoms. The lowest BCUT2D eigenvalue weighted by molar-refractivity contribution is 0.137. The highest BCUT2D eigenvalue weighted by molar-refractivity contribution is 5.45. The summed E-state index contributed by atoms with van der Waals surface area (Å²) in [5.41, 5.74) is 2.65. The lowest BCUT2D eigenvalue weighted by Crippen LogP contribution is -2.32. The average Bonchev–Trinajstić information content (AvgIpc) is 2.80. The second-order valence-corrected chi connectivity index (χ2v) is 7.45. The molecule has 1 aromatic rings. The van der Waals surface area contributed by atoms with Crippen molar-refractivity contribution < 1.29 is 4.74 Å².